The van der Waals surface area contributed by atoms with Gasteiger partial charge in [-0.05, 0) is 37.0 Å². The minimum absolute atomic E-state index is 0.0588. The predicted molar refractivity (Wildman–Crippen MR) is 106 cm³/mol. The summed E-state index contributed by atoms with van der Waals surface area (Å²) in [5, 5.41) is 0. The normalized spacial score (nSPS) is 18.9. The highest BCUT2D eigenvalue weighted by molar-refractivity contribution is 5.87. The Morgan fingerprint density at radius 1 is 1.17 bits per heavy atom. The third-order valence-corrected chi connectivity index (χ3v) is 4.96. The summed E-state index contributed by atoms with van der Waals surface area (Å²) in [5.74, 6) is -0.494. The molecular weight excluding hydrogens is 372 g/mol. The van der Waals surface area contributed by atoms with Gasteiger partial charge in [0.2, 0.25) is 0 Å². The van der Waals surface area contributed by atoms with E-state index in [1.807, 2.05) is 37.3 Å². The summed E-state index contributed by atoms with van der Waals surface area (Å²) in [6.07, 6.45) is 2.70. The van der Waals surface area contributed by atoms with Crippen molar-refractivity contribution in [1.29, 1.82) is 0 Å². The molecule has 7 nitrogen and oxygen atoms in total. The van der Waals surface area contributed by atoms with Gasteiger partial charge in [-0.15, -0.1) is 0 Å². The fraction of sp³-hybridized carbons (Fsp3) is 0.409. The maximum Gasteiger partial charge on any atom is 0.410 e. The van der Waals surface area contributed by atoms with E-state index >= 15 is 0 Å². The Morgan fingerprint density at radius 3 is 2.62 bits per heavy atom. The lowest BCUT2D eigenvalue weighted by atomic mass is 9.94. The SMILES string of the molecule is CCOC1CCN(C(=O)OCc2ccccc2)C(c2ccc(C(=O)OC)nc2)C1. The summed E-state index contributed by atoms with van der Waals surface area (Å²) in [6, 6.07) is 12.8. The number of methoxy groups -OCH3 is 1. The number of likely N-dealkylation sites (tertiary alicyclic amines) is 1. The summed E-state index contributed by atoms with van der Waals surface area (Å²) in [7, 11) is 1.32. The maximum atomic E-state index is 12.8. The van der Waals surface area contributed by atoms with Gasteiger partial charge in [0.25, 0.3) is 0 Å². The van der Waals surface area contributed by atoms with Crippen LogP contribution in [-0.2, 0) is 20.8 Å². The second-order valence-electron chi connectivity index (χ2n) is 6.82. The van der Waals surface area contributed by atoms with Gasteiger partial charge < -0.3 is 19.1 Å². The van der Waals surface area contributed by atoms with Crippen LogP contribution in [0, 0.1) is 0 Å². The van der Waals surface area contributed by atoms with E-state index in [-0.39, 0.29) is 30.5 Å². The van der Waals surface area contributed by atoms with E-state index in [4.69, 9.17) is 14.2 Å². The fourth-order valence-electron chi connectivity index (χ4n) is 3.48. The first-order valence-corrected chi connectivity index (χ1v) is 9.75. The molecular formula is C22H26N2O5. The second-order valence-corrected chi connectivity index (χ2v) is 6.82. The first-order chi connectivity index (χ1) is 14.1. The van der Waals surface area contributed by atoms with Gasteiger partial charge >= 0.3 is 12.1 Å². The number of rotatable bonds is 6. The molecule has 0 bridgehead atoms. The molecule has 1 aliphatic heterocycles. The Hall–Kier alpha value is -2.93. The molecule has 1 saturated heterocycles. The number of ether oxygens (including phenoxy) is 3. The number of carbonyl (C=O) groups is 2. The Bertz CT molecular complexity index is 810. The highest BCUT2D eigenvalue weighted by Gasteiger charge is 2.34. The number of carbonyl (C=O) groups excluding carboxylic acids is 2. The van der Waals surface area contributed by atoms with Crippen molar-refractivity contribution in [1.82, 2.24) is 9.88 Å². The summed E-state index contributed by atoms with van der Waals surface area (Å²) in [6.45, 7) is 3.33. The number of benzene rings is 1. The predicted octanol–water partition coefficient (Wildman–Crippen LogP) is 3.75. The molecule has 1 aliphatic rings. The Kier molecular flexibility index (Phi) is 7.19. The minimum atomic E-state index is -0.494. The number of pyridine rings is 1. The van der Waals surface area contributed by atoms with Crippen LogP contribution in [0.15, 0.2) is 48.7 Å². The molecule has 0 aliphatic carbocycles. The smallest absolute Gasteiger partial charge is 0.410 e. The summed E-state index contributed by atoms with van der Waals surface area (Å²) < 4.78 is 16.0. The van der Waals surface area contributed by atoms with Crippen molar-refractivity contribution < 1.29 is 23.8 Å². The van der Waals surface area contributed by atoms with E-state index in [2.05, 4.69) is 4.98 Å². The standard InChI is InChI=1S/C22H26N2O5/c1-3-28-18-11-12-24(22(26)29-15-16-7-5-4-6-8-16)20(13-18)17-9-10-19(23-14-17)21(25)27-2/h4-10,14,18,20H,3,11-13,15H2,1-2H3. The van der Waals surface area contributed by atoms with Gasteiger partial charge in [-0.25, -0.2) is 14.6 Å². The average molecular weight is 398 g/mol. The van der Waals surface area contributed by atoms with Crippen LogP contribution in [0.5, 0.6) is 0 Å². The molecule has 1 fully saturated rings. The molecule has 7 heteroatoms. The van der Waals surface area contributed by atoms with Crippen LogP contribution in [-0.4, -0.2) is 48.3 Å². The first kappa shape index (κ1) is 20.8. The van der Waals surface area contributed by atoms with E-state index in [0.29, 0.717) is 19.6 Å². The molecule has 2 heterocycles. The Morgan fingerprint density at radius 2 is 1.97 bits per heavy atom. The van der Waals surface area contributed by atoms with Gasteiger partial charge in [-0.3, -0.25) is 0 Å². The maximum absolute atomic E-state index is 12.8. The monoisotopic (exact) mass is 398 g/mol. The first-order valence-electron chi connectivity index (χ1n) is 9.75. The van der Waals surface area contributed by atoms with Crippen LogP contribution in [0.25, 0.3) is 0 Å². The van der Waals surface area contributed by atoms with Crippen LogP contribution < -0.4 is 0 Å². The molecule has 0 N–H and O–H groups in total. The second kappa shape index (κ2) is 10.0. The third kappa shape index (κ3) is 5.32. The van der Waals surface area contributed by atoms with Crippen molar-refractivity contribution in [2.75, 3.05) is 20.3 Å². The fourth-order valence-corrected chi connectivity index (χ4v) is 3.48. The minimum Gasteiger partial charge on any atom is -0.464 e. The zero-order chi connectivity index (χ0) is 20.6. The molecule has 3 rings (SSSR count). The lowest BCUT2D eigenvalue weighted by Crippen LogP contribution is -2.43. The molecule has 0 spiro atoms. The van der Waals surface area contributed by atoms with Gasteiger partial charge in [0.1, 0.15) is 12.3 Å². The van der Waals surface area contributed by atoms with Gasteiger partial charge in [0, 0.05) is 19.3 Å². The molecule has 154 valence electrons. The zero-order valence-corrected chi connectivity index (χ0v) is 16.7. The number of piperidine rings is 1. The largest absolute Gasteiger partial charge is 0.464 e. The summed E-state index contributed by atoms with van der Waals surface area (Å²) in [4.78, 5) is 30.4. The number of esters is 1. The third-order valence-electron chi connectivity index (χ3n) is 4.96. The highest BCUT2D eigenvalue weighted by Crippen LogP contribution is 2.33. The van der Waals surface area contributed by atoms with Crippen molar-refractivity contribution in [2.24, 2.45) is 0 Å². The molecule has 1 aromatic heterocycles. The van der Waals surface area contributed by atoms with Gasteiger partial charge in [0.05, 0.1) is 19.3 Å². The number of nitrogens with zero attached hydrogens (tertiary/aromatic N) is 2. The Labute approximate surface area is 170 Å². The average Bonchev–Trinajstić information content (AvgIpc) is 2.78. The molecule has 1 amide bonds. The highest BCUT2D eigenvalue weighted by atomic mass is 16.6. The van der Waals surface area contributed by atoms with Crippen molar-refractivity contribution in [2.45, 2.75) is 38.5 Å². The van der Waals surface area contributed by atoms with Crippen LogP contribution in [0.3, 0.4) is 0 Å². The molecule has 2 aromatic rings. The van der Waals surface area contributed by atoms with Crippen LogP contribution >= 0.6 is 0 Å². The number of aromatic nitrogens is 1. The number of amides is 1. The van der Waals surface area contributed by atoms with Crippen molar-refractivity contribution >= 4 is 12.1 Å². The topological polar surface area (TPSA) is 78.0 Å². The van der Waals surface area contributed by atoms with Crippen molar-refractivity contribution in [3.63, 3.8) is 0 Å². The van der Waals surface area contributed by atoms with E-state index in [1.54, 1.807) is 23.2 Å². The summed E-state index contributed by atoms with van der Waals surface area (Å²) >= 11 is 0. The molecule has 2 unspecified atom stereocenters. The zero-order valence-electron chi connectivity index (χ0n) is 16.7. The lowest BCUT2D eigenvalue weighted by molar-refractivity contribution is -0.0126. The van der Waals surface area contributed by atoms with Crippen LogP contribution in [0.4, 0.5) is 4.79 Å². The van der Waals surface area contributed by atoms with Crippen molar-refractivity contribution in [3.8, 4) is 0 Å². The van der Waals surface area contributed by atoms with E-state index < -0.39 is 5.97 Å². The van der Waals surface area contributed by atoms with E-state index in [0.717, 1.165) is 17.5 Å². The lowest BCUT2D eigenvalue weighted by Gasteiger charge is -2.38. The number of hydrogen-bond donors (Lipinski definition) is 0. The van der Waals surface area contributed by atoms with Gasteiger partial charge in [-0.1, -0.05) is 36.4 Å². The summed E-state index contributed by atoms with van der Waals surface area (Å²) in [5.41, 5.74) is 2.00. The van der Waals surface area contributed by atoms with E-state index in [9.17, 15) is 9.59 Å². The van der Waals surface area contributed by atoms with Crippen LogP contribution in [0.1, 0.15) is 47.4 Å². The Balaban J connectivity index is 1.74. The number of hydrogen-bond acceptors (Lipinski definition) is 6. The van der Waals surface area contributed by atoms with Crippen molar-refractivity contribution in [3.05, 3.63) is 65.5 Å². The van der Waals surface area contributed by atoms with Gasteiger partial charge in [-0.2, -0.15) is 0 Å². The molecule has 1 aromatic carbocycles. The van der Waals surface area contributed by atoms with E-state index in [1.165, 1.54) is 7.11 Å². The van der Waals surface area contributed by atoms with Gasteiger partial charge in [0.15, 0.2) is 0 Å². The van der Waals surface area contributed by atoms with Crippen LogP contribution in [0.2, 0.25) is 0 Å². The quantitative estimate of drug-likeness (QED) is 0.690. The molecule has 0 saturated carbocycles. The molecule has 2 atom stereocenters. The molecule has 29 heavy (non-hydrogen) atoms. The molecule has 0 radical (unpaired) electrons.